The van der Waals surface area contributed by atoms with Crippen LogP contribution in [0.1, 0.15) is 85.0 Å². The Kier molecular flexibility index (Phi) is 14.1. The van der Waals surface area contributed by atoms with Gasteiger partial charge in [-0.05, 0) is 61.7 Å². The molecule has 23 nitrogen and oxygen atoms in total. The number of carbonyl (C=O) groups excluding carboxylic acids is 6. The molecule has 0 radical (unpaired) electrons. The predicted molar refractivity (Wildman–Crippen MR) is 183 cm³/mol. The van der Waals surface area contributed by atoms with Crippen LogP contribution in [-0.2, 0) is 57.5 Å². The summed E-state index contributed by atoms with van der Waals surface area (Å²) >= 11 is 0. The van der Waals surface area contributed by atoms with E-state index in [1.165, 1.54) is 0 Å². The average Bonchev–Trinajstić information content (AvgIpc) is 3.41. The smallest absolute Gasteiger partial charge is 0.329 e. The summed E-state index contributed by atoms with van der Waals surface area (Å²) in [6.07, 6.45) is -0.0188. The Labute approximate surface area is 324 Å². The van der Waals surface area contributed by atoms with Crippen molar-refractivity contribution in [2.75, 3.05) is 26.4 Å². The molecule has 0 heterocycles. The third-order valence-electron chi connectivity index (χ3n) is 11.9. The first-order valence-electron chi connectivity index (χ1n) is 18.3. The van der Waals surface area contributed by atoms with E-state index in [4.69, 9.17) is 14.2 Å². The molecule has 0 bridgehead atoms. The zero-order valence-electron chi connectivity index (χ0n) is 31.6. The molecule has 4 aliphatic carbocycles. The van der Waals surface area contributed by atoms with Gasteiger partial charge in [0, 0.05) is 31.6 Å². The van der Waals surface area contributed by atoms with Crippen LogP contribution in [0.4, 0.5) is 0 Å². The molecule has 4 rings (SSSR count). The standard InChI is InChI=1S/C34H46N4O19/c1-19(39)35-25(31(45)53-16-22(57-38(50)51)17-55-37(48)49)14-29(44)52-18-27(42)34(56-28(43)5-4-12-54-36(46)47)11-9-24-23-7-6-20-13-21(40)8-10-32(20,2)30(23)26(41)15-33(24,34)3/h6,22-26,30,41H,4-5,7-18H2,1-3H3,(H,35,39)/t22?,23?,24?,25?,26-,30+,32-,33-,34-/m0/s1. The minimum absolute atomic E-state index is 0.0113. The first-order valence-corrected chi connectivity index (χ1v) is 18.3. The van der Waals surface area contributed by atoms with Crippen molar-refractivity contribution < 1.29 is 77.9 Å². The van der Waals surface area contributed by atoms with Gasteiger partial charge in [-0.15, -0.1) is 30.3 Å². The molecule has 3 saturated carbocycles. The number of aliphatic hydroxyl groups is 1. The molecule has 23 heteroatoms. The van der Waals surface area contributed by atoms with Crippen LogP contribution in [0.5, 0.6) is 0 Å². The second kappa shape index (κ2) is 18.2. The monoisotopic (exact) mass is 814 g/mol. The van der Waals surface area contributed by atoms with Crippen LogP contribution in [0, 0.1) is 58.9 Å². The maximum absolute atomic E-state index is 14.4. The fourth-order valence-electron chi connectivity index (χ4n) is 9.46. The van der Waals surface area contributed by atoms with E-state index in [1.807, 2.05) is 13.0 Å². The Morgan fingerprint density at radius 2 is 1.68 bits per heavy atom. The van der Waals surface area contributed by atoms with E-state index < -0.39 is 112 Å². The molecular formula is C34H46N4O19. The van der Waals surface area contributed by atoms with E-state index in [0.717, 1.165) is 12.5 Å². The summed E-state index contributed by atoms with van der Waals surface area (Å²) in [5.41, 5.74) is -2.62. The van der Waals surface area contributed by atoms with Gasteiger partial charge in [0.05, 0.1) is 19.1 Å². The fraction of sp³-hybridized carbons (Fsp3) is 0.765. The number of ketones is 2. The lowest BCUT2D eigenvalue weighted by Crippen LogP contribution is -2.63. The first-order chi connectivity index (χ1) is 26.7. The van der Waals surface area contributed by atoms with Crippen molar-refractivity contribution in [3.05, 3.63) is 42.0 Å². The lowest BCUT2D eigenvalue weighted by atomic mass is 9.46. The molecular weight excluding hydrogens is 768 g/mol. The van der Waals surface area contributed by atoms with Gasteiger partial charge in [0.1, 0.15) is 25.0 Å². The molecule has 0 spiro atoms. The van der Waals surface area contributed by atoms with Crippen molar-refractivity contribution in [2.45, 2.75) is 109 Å². The third-order valence-corrected chi connectivity index (χ3v) is 11.9. The maximum atomic E-state index is 14.4. The number of allylic oxidation sites excluding steroid dienone is 2. The van der Waals surface area contributed by atoms with Crippen molar-refractivity contribution in [3.8, 4) is 0 Å². The normalized spacial score (nSPS) is 29.7. The van der Waals surface area contributed by atoms with E-state index >= 15 is 0 Å². The highest BCUT2D eigenvalue weighted by Crippen LogP contribution is 2.68. The quantitative estimate of drug-likeness (QED) is 0.0434. The molecule has 0 saturated heterocycles. The highest BCUT2D eigenvalue weighted by molar-refractivity contribution is 5.94. The van der Waals surface area contributed by atoms with Crippen LogP contribution in [0.2, 0.25) is 0 Å². The Hall–Kier alpha value is -5.48. The van der Waals surface area contributed by atoms with Gasteiger partial charge >= 0.3 is 17.9 Å². The van der Waals surface area contributed by atoms with Crippen molar-refractivity contribution >= 4 is 35.4 Å². The molecule has 316 valence electrons. The van der Waals surface area contributed by atoms with E-state index in [-0.39, 0.29) is 49.2 Å². The summed E-state index contributed by atoms with van der Waals surface area (Å²) in [6.45, 7) is 1.39. The first kappa shape index (κ1) is 44.2. The Morgan fingerprint density at radius 3 is 2.33 bits per heavy atom. The molecule has 2 N–H and O–H groups in total. The van der Waals surface area contributed by atoms with Crippen LogP contribution in [0.3, 0.4) is 0 Å². The van der Waals surface area contributed by atoms with Crippen molar-refractivity contribution in [3.63, 3.8) is 0 Å². The third kappa shape index (κ3) is 10.1. The van der Waals surface area contributed by atoms with E-state index in [1.54, 1.807) is 6.92 Å². The second-order valence-corrected chi connectivity index (χ2v) is 15.2. The van der Waals surface area contributed by atoms with Gasteiger partial charge in [0.15, 0.2) is 18.3 Å². The summed E-state index contributed by atoms with van der Waals surface area (Å²) in [4.78, 5) is 122. The predicted octanol–water partition coefficient (Wildman–Crippen LogP) is 1.10. The molecule has 0 aliphatic heterocycles. The number of amides is 1. The van der Waals surface area contributed by atoms with Gasteiger partial charge < -0.3 is 39.1 Å². The Bertz CT molecular complexity index is 1670. The summed E-state index contributed by atoms with van der Waals surface area (Å²) in [6, 6.07) is -1.76. The number of hydrogen-bond donors (Lipinski definition) is 2. The topological polar surface area (TPSA) is 319 Å². The van der Waals surface area contributed by atoms with Crippen LogP contribution in [0.15, 0.2) is 11.6 Å². The summed E-state index contributed by atoms with van der Waals surface area (Å²) in [7, 11) is 0. The molecule has 57 heavy (non-hydrogen) atoms. The minimum atomic E-state index is -1.94. The van der Waals surface area contributed by atoms with Crippen LogP contribution < -0.4 is 5.32 Å². The van der Waals surface area contributed by atoms with Crippen LogP contribution in [0.25, 0.3) is 0 Å². The largest absolute Gasteiger partial charge is 0.462 e. The molecule has 4 unspecified atom stereocenters. The number of esters is 3. The highest BCUT2D eigenvalue weighted by atomic mass is 17.0. The van der Waals surface area contributed by atoms with Gasteiger partial charge in [-0.1, -0.05) is 25.5 Å². The van der Waals surface area contributed by atoms with Crippen LogP contribution >= 0.6 is 0 Å². The summed E-state index contributed by atoms with van der Waals surface area (Å²) in [5.74, 6) is -5.66. The number of Topliss-reactive ketones (excluding diaryl/α,β-unsaturated/α-hetero) is 2. The van der Waals surface area contributed by atoms with Crippen molar-refractivity contribution in [1.29, 1.82) is 0 Å². The number of rotatable bonds is 20. The molecule has 4 aliphatic rings. The Balaban J connectivity index is 1.52. The number of fused-ring (bicyclic) bond motifs is 5. The number of carbonyl (C=O) groups is 6. The zero-order valence-corrected chi connectivity index (χ0v) is 31.6. The van der Waals surface area contributed by atoms with E-state index in [2.05, 4.69) is 19.8 Å². The number of hydrogen-bond acceptors (Lipinski definition) is 19. The van der Waals surface area contributed by atoms with Gasteiger partial charge in [0.2, 0.25) is 11.7 Å². The molecule has 0 aromatic carbocycles. The van der Waals surface area contributed by atoms with Crippen LogP contribution in [-0.4, -0.2) is 106 Å². The molecule has 0 aromatic rings. The number of ether oxygens (including phenoxy) is 3. The lowest BCUT2D eigenvalue weighted by molar-refractivity contribution is -0.790. The molecule has 1 amide bonds. The van der Waals surface area contributed by atoms with E-state index in [0.29, 0.717) is 32.1 Å². The number of aliphatic hydroxyl groups excluding tert-OH is 1. The Morgan fingerprint density at radius 1 is 0.982 bits per heavy atom. The van der Waals surface area contributed by atoms with E-state index in [9.17, 15) is 64.2 Å². The number of nitrogens with zero attached hydrogens (tertiary/aromatic N) is 3. The van der Waals surface area contributed by atoms with Crippen molar-refractivity contribution in [1.82, 2.24) is 5.32 Å². The molecule has 9 atom stereocenters. The minimum Gasteiger partial charge on any atom is -0.462 e. The van der Waals surface area contributed by atoms with Gasteiger partial charge in [-0.3, -0.25) is 24.0 Å². The maximum Gasteiger partial charge on any atom is 0.329 e. The van der Waals surface area contributed by atoms with Gasteiger partial charge in [-0.25, -0.2) is 4.79 Å². The fourth-order valence-corrected chi connectivity index (χ4v) is 9.46. The lowest BCUT2D eigenvalue weighted by Gasteiger charge is -2.60. The molecule has 3 fully saturated rings. The summed E-state index contributed by atoms with van der Waals surface area (Å²) < 4.78 is 16.2. The average molecular weight is 815 g/mol. The van der Waals surface area contributed by atoms with Gasteiger partial charge in [0.25, 0.3) is 15.3 Å². The summed E-state index contributed by atoms with van der Waals surface area (Å²) in [5, 5.41) is 42.3. The van der Waals surface area contributed by atoms with Gasteiger partial charge in [-0.2, -0.15) is 0 Å². The molecule has 0 aromatic heterocycles. The highest BCUT2D eigenvalue weighted by Gasteiger charge is 2.70. The number of nitrogens with one attached hydrogen (secondary N) is 1. The SMILES string of the molecule is CC(=O)NC(CC(=O)OCC(=O)[C@@]1(OC(=O)CCCO[N+](=O)[O-])CCC2C3CC=C4CC(=O)CC[C@]4(C)[C@H]3[C@@H](O)C[C@@]21C)C(=O)OCC(CO[N+](=O)[O-])O[N+](=O)[O-]. The zero-order chi connectivity index (χ0) is 42.3. The van der Waals surface area contributed by atoms with Crippen molar-refractivity contribution in [2.24, 2.45) is 28.6 Å². The second-order valence-electron chi connectivity index (χ2n) is 15.2.